The Kier molecular flexibility index (Phi) is 3.96. The maximum absolute atomic E-state index is 11.6. The fourth-order valence-corrected chi connectivity index (χ4v) is 1.64. The highest BCUT2D eigenvalue weighted by atomic mass is 79.9. The molecule has 0 aliphatic heterocycles. The molecular formula is C10H11BrClNO. The van der Waals surface area contributed by atoms with Gasteiger partial charge in [0.15, 0.2) is 0 Å². The molecule has 14 heavy (non-hydrogen) atoms. The predicted octanol–water partition coefficient (Wildman–Crippen LogP) is 3.24. The Morgan fingerprint density at radius 3 is 2.71 bits per heavy atom. The summed E-state index contributed by atoms with van der Waals surface area (Å²) in [5.74, 6) is -0.116. The number of hydrogen-bond acceptors (Lipinski definition) is 1. The van der Waals surface area contributed by atoms with Crippen LogP contribution in [0.3, 0.4) is 0 Å². The quantitative estimate of drug-likeness (QED) is 0.883. The number of nitrogens with one attached hydrogen (secondary N) is 1. The SMILES string of the molecule is CC(C)NC(=O)c1cccc(Cl)c1Br. The molecule has 1 rings (SSSR count). The Labute approximate surface area is 96.8 Å². The molecule has 0 aromatic heterocycles. The lowest BCUT2D eigenvalue weighted by Gasteiger charge is -2.09. The largest absolute Gasteiger partial charge is 0.350 e. The van der Waals surface area contributed by atoms with Crippen molar-refractivity contribution in [3.05, 3.63) is 33.3 Å². The van der Waals surface area contributed by atoms with Crippen LogP contribution in [0, 0.1) is 0 Å². The second-order valence-corrected chi connectivity index (χ2v) is 4.43. The van der Waals surface area contributed by atoms with E-state index in [0.29, 0.717) is 15.1 Å². The standard InChI is InChI=1S/C10H11BrClNO/c1-6(2)13-10(14)7-4-3-5-8(12)9(7)11/h3-6H,1-2H3,(H,13,14). The molecule has 0 aliphatic rings. The van der Waals surface area contributed by atoms with Crippen LogP contribution in [0.15, 0.2) is 22.7 Å². The first-order valence-electron chi connectivity index (χ1n) is 4.27. The lowest BCUT2D eigenvalue weighted by atomic mass is 10.2. The van der Waals surface area contributed by atoms with Crippen LogP contribution in [0.4, 0.5) is 0 Å². The molecule has 0 spiro atoms. The van der Waals surface area contributed by atoms with E-state index in [1.165, 1.54) is 0 Å². The van der Waals surface area contributed by atoms with E-state index < -0.39 is 0 Å². The van der Waals surface area contributed by atoms with E-state index >= 15 is 0 Å². The molecular weight excluding hydrogens is 265 g/mol. The van der Waals surface area contributed by atoms with Crippen molar-refractivity contribution in [1.82, 2.24) is 5.32 Å². The van der Waals surface area contributed by atoms with Crippen molar-refractivity contribution >= 4 is 33.4 Å². The zero-order valence-electron chi connectivity index (χ0n) is 7.97. The maximum atomic E-state index is 11.6. The van der Waals surface area contributed by atoms with Crippen LogP contribution in [-0.2, 0) is 0 Å². The van der Waals surface area contributed by atoms with Crippen LogP contribution < -0.4 is 5.32 Å². The number of halogens is 2. The number of amides is 1. The van der Waals surface area contributed by atoms with Crippen LogP contribution in [0.5, 0.6) is 0 Å². The van der Waals surface area contributed by atoms with Gasteiger partial charge in [-0.15, -0.1) is 0 Å². The summed E-state index contributed by atoms with van der Waals surface area (Å²) in [7, 11) is 0. The Morgan fingerprint density at radius 1 is 1.50 bits per heavy atom. The van der Waals surface area contributed by atoms with Gasteiger partial charge in [-0.1, -0.05) is 17.7 Å². The summed E-state index contributed by atoms with van der Waals surface area (Å²) in [6, 6.07) is 5.33. The van der Waals surface area contributed by atoms with Crippen LogP contribution in [0.1, 0.15) is 24.2 Å². The van der Waals surface area contributed by atoms with Crippen molar-refractivity contribution in [3.8, 4) is 0 Å². The monoisotopic (exact) mass is 275 g/mol. The maximum Gasteiger partial charge on any atom is 0.252 e. The predicted molar refractivity (Wildman–Crippen MR) is 61.8 cm³/mol. The average molecular weight is 277 g/mol. The van der Waals surface area contributed by atoms with Gasteiger partial charge in [0.2, 0.25) is 0 Å². The smallest absolute Gasteiger partial charge is 0.252 e. The minimum atomic E-state index is -0.116. The normalized spacial score (nSPS) is 10.4. The molecule has 2 nitrogen and oxygen atoms in total. The van der Waals surface area contributed by atoms with E-state index in [9.17, 15) is 4.79 Å². The van der Waals surface area contributed by atoms with Crippen LogP contribution in [-0.4, -0.2) is 11.9 Å². The third kappa shape index (κ3) is 2.72. The molecule has 0 bridgehead atoms. The van der Waals surface area contributed by atoms with Crippen molar-refractivity contribution in [2.75, 3.05) is 0 Å². The van der Waals surface area contributed by atoms with Crippen molar-refractivity contribution in [1.29, 1.82) is 0 Å². The van der Waals surface area contributed by atoms with Gasteiger partial charge in [0.1, 0.15) is 0 Å². The lowest BCUT2D eigenvalue weighted by Crippen LogP contribution is -2.30. The Morgan fingerprint density at radius 2 is 2.14 bits per heavy atom. The molecule has 0 atom stereocenters. The topological polar surface area (TPSA) is 29.1 Å². The van der Waals surface area contributed by atoms with E-state index in [-0.39, 0.29) is 11.9 Å². The van der Waals surface area contributed by atoms with E-state index in [1.807, 2.05) is 13.8 Å². The molecule has 1 N–H and O–H groups in total. The summed E-state index contributed by atoms with van der Waals surface area (Å²) >= 11 is 9.15. The van der Waals surface area contributed by atoms with Gasteiger partial charge >= 0.3 is 0 Å². The van der Waals surface area contributed by atoms with Gasteiger partial charge in [-0.25, -0.2) is 0 Å². The number of benzene rings is 1. The molecule has 0 fully saturated rings. The number of rotatable bonds is 2. The van der Waals surface area contributed by atoms with Crippen LogP contribution in [0.25, 0.3) is 0 Å². The number of hydrogen-bond donors (Lipinski definition) is 1. The molecule has 0 saturated heterocycles. The summed E-state index contributed by atoms with van der Waals surface area (Å²) in [6.45, 7) is 3.83. The van der Waals surface area contributed by atoms with Gasteiger partial charge in [0.05, 0.1) is 10.6 Å². The molecule has 1 aromatic carbocycles. The highest BCUT2D eigenvalue weighted by Gasteiger charge is 2.12. The van der Waals surface area contributed by atoms with Gasteiger partial charge < -0.3 is 5.32 Å². The Hall–Kier alpha value is -0.540. The minimum Gasteiger partial charge on any atom is -0.350 e. The summed E-state index contributed by atoms with van der Waals surface area (Å²) in [5, 5.41) is 3.34. The summed E-state index contributed by atoms with van der Waals surface area (Å²) in [5.41, 5.74) is 0.561. The Balaban J connectivity index is 2.96. The molecule has 0 aliphatic carbocycles. The second-order valence-electron chi connectivity index (χ2n) is 3.23. The first-order valence-corrected chi connectivity index (χ1v) is 5.44. The molecule has 0 radical (unpaired) electrons. The summed E-state index contributed by atoms with van der Waals surface area (Å²) < 4.78 is 0.639. The fraction of sp³-hybridized carbons (Fsp3) is 0.300. The van der Waals surface area contributed by atoms with Crippen molar-refractivity contribution in [3.63, 3.8) is 0 Å². The van der Waals surface area contributed by atoms with E-state index in [2.05, 4.69) is 21.2 Å². The lowest BCUT2D eigenvalue weighted by molar-refractivity contribution is 0.0942. The third-order valence-corrected chi connectivity index (χ3v) is 3.01. The van der Waals surface area contributed by atoms with Crippen molar-refractivity contribution < 1.29 is 4.79 Å². The molecule has 0 heterocycles. The Bertz CT molecular complexity index is 352. The van der Waals surface area contributed by atoms with Crippen molar-refractivity contribution in [2.24, 2.45) is 0 Å². The molecule has 0 saturated carbocycles. The molecule has 4 heteroatoms. The first kappa shape index (κ1) is 11.5. The molecule has 1 aromatic rings. The van der Waals surface area contributed by atoms with Crippen molar-refractivity contribution in [2.45, 2.75) is 19.9 Å². The highest BCUT2D eigenvalue weighted by molar-refractivity contribution is 9.10. The highest BCUT2D eigenvalue weighted by Crippen LogP contribution is 2.25. The third-order valence-electron chi connectivity index (χ3n) is 1.62. The van der Waals surface area contributed by atoms with Gasteiger partial charge in [0, 0.05) is 10.5 Å². The average Bonchev–Trinajstić information content (AvgIpc) is 2.08. The van der Waals surface area contributed by atoms with Gasteiger partial charge in [-0.05, 0) is 41.9 Å². The zero-order chi connectivity index (χ0) is 10.7. The minimum absolute atomic E-state index is 0.116. The number of carbonyl (C=O) groups excluding carboxylic acids is 1. The van der Waals surface area contributed by atoms with E-state index in [0.717, 1.165) is 0 Å². The van der Waals surface area contributed by atoms with E-state index in [1.54, 1.807) is 18.2 Å². The van der Waals surface area contributed by atoms with Gasteiger partial charge in [-0.2, -0.15) is 0 Å². The molecule has 1 amide bonds. The second kappa shape index (κ2) is 4.80. The van der Waals surface area contributed by atoms with Gasteiger partial charge in [0.25, 0.3) is 5.91 Å². The zero-order valence-corrected chi connectivity index (χ0v) is 10.3. The molecule has 0 unspecified atom stereocenters. The molecule has 76 valence electrons. The summed E-state index contributed by atoms with van der Waals surface area (Å²) in [4.78, 5) is 11.6. The van der Waals surface area contributed by atoms with Crippen LogP contribution in [0.2, 0.25) is 5.02 Å². The summed E-state index contributed by atoms with van der Waals surface area (Å²) in [6.07, 6.45) is 0. The van der Waals surface area contributed by atoms with E-state index in [4.69, 9.17) is 11.6 Å². The van der Waals surface area contributed by atoms with Crippen LogP contribution >= 0.6 is 27.5 Å². The fourth-order valence-electron chi connectivity index (χ4n) is 1.02. The first-order chi connectivity index (χ1) is 6.52. The van der Waals surface area contributed by atoms with Gasteiger partial charge in [-0.3, -0.25) is 4.79 Å². The number of carbonyl (C=O) groups is 1.